The molecule has 3 N–H and O–H groups in total. The first-order valence-electron chi connectivity index (χ1n) is 12.0. The second kappa shape index (κ2) is 12.1. The van der Waals surface area contributed by atoms with Gasteiger partial charge in [0.25, 0.3) is 0 Å². The number of carbonyl (C=O) groups excluding carboxylic acids is 3. The van der Waals surface area contributed by atoms with E-state index in [9.17, 15) is 19.5 Å². The summed E-state index contributed by atoms with van der Waals surface area (Å²) >= 11 is 4.40. The van der Waals surface area contributed by atoms with Crippen LogP contribution in [-0.4, -0.2) is 39.7 Å². The highest BCUT2D eigenvalue weighted by molar-refractivity contribution is 7.81. The second-order valence-electron chi connectivity index (χ2n) is 9.46. The molecule has 2 aromatic rings. The average Bonchev–Trinajstić information content (AvgIpc) is 3.33. The maximum Gasteiger partial charge on any atom is 0.329 e. The van der Waals surface area contributed by atoms with Crippen LogP contribution in [0.25, 0.3) is 0 Å². The number of carbonyl (C=O) groups is 3. The quantitative estimate of drug-likeness (QED) is 0.296. The van der Waals surface area contributed by atoms with Crippen LogP contribution < -0.4 is 10.6 Å². The van der Waals surface area contributed by atoms with E-state index in [2.05, 4.69) is 23.3 Å². The lowest BCUT2D eigenvalue weighted by molar-refractivity contribution is -0.150. The molecule has 0 aromatic heterocycles. The molecule has 0 bridgehead atoms. The zero-order chi connectivity index (χ0) is 25.4. The van der Waals surface area contributed by atoms with Gasteiger partial charge in [0.1, 0.15) is 23.9 Å². The summed E-state index contributed by atoms with van der Waals surface area (Å²) in [4.78, 5) is 39.4. The van der Waals surface area contributed by atoms with Gasteiger partial charge in [-0.2, -0.15) is 12.6 Å². The Morgan fingerprint density at radius 3 is 2.23 bits per heavy atom. The number of aromatic hydroxyl groups is 1. The van der Waals surface area contributed by atoms with Gasteiger partial charge in [0.15, 0.2) is 0 Å². The summed E-state index contributed by atoms with van der Waals surface area (Å²) < 4.78 is 5.53. The minimum Gasteiger partial charge on any atom is -0.508 e. The zero-order valence-corrected chi connectivity index (χ0v) is 21.1. The molecule has 2 aromatic carbocycles. The Balaban J connectivity index is 1.77. The van der Waals surface area contributed by atoms with Crippen LogP contribution in [0.15, 0.2) is 54.6 Å². The molecular weight excluding hydrogens is 464 g/mol. The fourth-order valence-electron chi connectivity index (χ4n) is 4.19. The molecule has 8 heteroatoms. The Morgan fingerprint density at radius 2 is 1.63 bits per heavy atom. The molecule has 2 atom stereocenters. The minimum absolute atomic E-state index is 0.00931. The predicted molar refractivity (Wildman–Crippen MR) is 137 cm³/mol. The zero-order valence-electron chi connectivity index (χ0n) is 20.2. The van der Waals surface area contributed by atoms with Crippen LogP contribution >= 0.6 is 12.6 Å². The van der Waals surface area contributed by atoms with Crippen molar-refractivity contribution in [1.29, 1.82) is 0 Å². The maximum atomic E-state index is 13.5. The molecule has 7 nitrogen and oxygen atoms in total. The molecule has 0 heterocycles. The first kappa shape index (κ1) is 26.6. The molecule has 0 unspecified atom stereocenters. The molecular formula is C27H34N2O5S. The summed E-state index contributed by atoms with van der Waals surface area (Å²) in [5.74, 6) is -1.13. The van der Waals surface area contributed by atoms with Crippen molar-refractivity contribution in [2.45, 2.75) is 69.4 Å². The number of ether oxygens (including phenoxy) is 1. The highest BCUT2D eigenvalue weighted by Crippen LogP contribution is 2.31. The summed E-state index contributed by atoms with van der Waals surface area (Å²) in [6.07, 6.45) is 2.77. The van der Waals surface area contributed by atoms with Crippen molar-refractivity contribution in [1.82, 2.24) is 10.6 Å². The van der Waals surface area contributed by atoms with E-state index < -0.39 is 28.7 Å². The van der Waals surface area contributed by atoms with Crippen LogP contribution in [0.1, 0.15) is 50.7 Å². The van der Waals surface area contributed by atoms with E-state index in [-0.39, 0.29) is 30.6 Å². The Morgan fingerprint density at radius 1 is 1.00 bits per heavy atom. The van der Waals surface area contributed by atoms with E-state index in [1.165, 1.54) is 12.1 Å². The van der Waals surface area contributed by atoms with E-state index in [4.69, 9.17) is 4.74 Å². The lowest BCUT2D eigenvalue weighted by atomic mass is 9.94. The highest BCUT2D eigenvalue weighted by Gasteiger charge is 2.44. The molecule has 3 rings (SSSR count). The van der Waals surface area contributed by atoms with E-state index >= 15 is 0 Å². The van der Waals surface area contributed by atoms with Gasteiger partial charge in [-0.25, -0.2) is 4.79 Å². The van der Waals surface area contributed by atoms with Gasteiger partial charge >= 0.3 is 5.97 Å². The molecule has 0 saturated heterocycles. The molecule has 1 fully saturated rings. The first-order chi connectivity index (χ1) is 16.7. The van der Waals surface area contributed by atoms with E-state index in [0.29, 0.717) is 12.8 Å². The number of hydrogen-bond donors (Lipinski definition) is 4. The molecule has 1 saturated carbocycles. The maximum absolute atomic E-state index is 13.5. The van der Waals surface area contributed by atoms with Gasteiger partial charge < -0.3 is 20.5 Å². The van der Waals surface area contributed by atoms with Crippen molar-refractivity contribution in [3.63, 3.8) is 0 Å². The highest BCUT2D eigenvalue weighted by atomic mass is 32.1. The fraction of sp³-hybridized carbons (Fsp3) is 0.444. The molecule has 1 aliphatic rings. The summed E-state index contributed by atoms with van der Waals surface area (Å²) in [5.41, 5.74) is 0.507. The van der Waals surface area contributed by atoms with Crippen LogP contribution in [0, 0.1) is 5.92 Å². The molecule has 35 heavy (non-hydrogen) atoms. The largest absolute Gasteiger partial charge is 0.508 e. The number of hydrogen-bond acceptors (Lipinski definition) is 6. The standard InChI is InChI=1S/C27H34N2O5S/c1-18(2)23(35)24(31)29-27(14-6-7-15-27)26(33)28-22(16-19-10-12-21(30)13-11-19)25(32)34-17-20-8-4-3-5-9-20/h3-5,8-13,18,22-23,30,35H,6-7,14-17H2,1-2H3,(H,28,33)(H,29,31)/t22-,23-/m0/s1. The third-order valence-electron chi connectivity index (χ3n) is 6.34. The van der Waals surface area contributed by atoms with Gasteiger partial charge in [0, 0.05) is 6.42 Å². The van der Waals surface area contributed by atoms with Crippen LogP contribution in [-0.2, 0) is 32.1 Å². The number of nitrogens with one attached hydrogen (secondary N) is 2. The van der Waals surface area contributed by atoms with Crippen molar-refractivity contribution in [3.05, 3.63) is 65.7 Å². The van der Waals surface area contributed by atoms with Gasteiger partial charge in [-0.05, 0) is 42.0 Å². The van der Waals surface area contributed by atoms with Crippen LogP contribution in [0.5, 0.6) is 5.75 Å². The Hall–Kier alpha value is -3.00. The fourth-order valence-corrected chi connectivity index (χ4v) is 4.25. The lowest BCUT2D eigenvalue weighted by Crippen LogP contribution is -2.61. The van der Waals surface area contributed by atoms with Crippen LogP contribution in [0.2, 0.25) is 0 Å². The number of phenols is 1. The van der Waals surface area contributed by atoms with Crippen LogP contribution in [0.3, 0.4) is 0 Å². The number of esters is 1. The topological polar surface area (TPSA) is 105 Å². The third kappa shape index (κ3) is 7.24. The number of phenolic OH excluding ortho intramolecular Hbond substituents is 1. The van der Waals surface area contributed by atoms with Gasteiger partial charge in [-0.15, -0.1) is 0 Å². The lowest BCUT2D eigenvalue weighted by Gasteiger charge is -2.32. The predicted octanol–water partition coefficient (Wildman–Crippen LogP) is 3.55. The van der Waals surface area contributed by atoms with Crippen molar-refractivity contribution in [2.24, 2.45) is 5.92 Å². The van der Waals surface area contributed by atoms with Crippen molar-refractivity contribution < 1.29 is 24.2 Å². The van der Waals surface area contributed by atoms with Gasteiger partial charge in [-0.3, -0.25) is 9.59 Å². The average molecular weight is 499 g/mol. The van der Waals surface area contributed by atoms with Crippen molar-refractivity contribution in [2.75, 3.05) is 0 Å². The number of benzene rings is 2. The number of rotatable bonds is 10. The Bertz CT molecular complexity index is 1000. The molecule has 0 aliphatic heterocycles. The summed E-state index contributed by atoms with van der Waals surface area (Å²) in [7, 11) is 0. The van der Waals surface area contributed by atoms with E-state index in [1.54, 1.807) is 12.1 Å². The molecule has 2 amide bonds. The molecule has 188 valence electrons. The van der Waals surface area contributed by atoms with Gasteiger partial charge in [0.2, 0.25) is 11.8 Å². The van der Waals surface area contributed by atoms with Crippen molar-refractivity contribution >= 4 is 30.4 Å². The summed E-state index contributed by atoms with van der Waals surface area (Å²) in [6.45, 7) is 3.88. The van der Waals surface area contributed by atoms with Gasteiger partial charge in [-0.1, -0.05) is 69.2 Å². The van der Waals surface area contributed by atoms with Crippen molar-refractivity contribution in [3.8, 4) is 5.75 Å². The van der Waals surface area contributed by atoms with E-state index in [0.717, 1.165) is 24.0 Å². The first-order valence-corrected chi connectivity index (χ1v) is 12.5. The second-order valence-corrected chi connectivity index (χ2v) is 10.0. The van der Waals surface area contributed by atoms with E-state index in [1.807, 2.05) is 44.2 Å². The monoisotopic (exact) mass is 498 g/mol. The number of amides is 2. The normalized spacial score (nSPS) is 16.3. The summed E-state index contributed by atoms with van der Waals surface area (Å²) in [6, 6.07) is 14.8. The Labute approximate surface area is 212 Å². The number of thiol groups is 1. The molecule has 0 radical (unpaired) electrons. The minimum atomic E-state index is -1.08. The summed E-state index contributed by atoms with van der Waals surface area (Å²) in [5, 5.41) is 14.8. The SMILES string of the molecule is CC(C)[C@H](S)C(=O)NC1(C(=O)N[C@@H](Cc2ccc(O)cc2)C(=O)OCc2ccccc2)CCCC1. The molecule has 0 spiro atoms. The smallest absolute Gasteiger partial charge is 0.329 e. The Kier molecular flexibility index (Phi) is 9.20. The van der Waals surface area contributed by atoms with Gasteiger partial charge in [0.05, 0.1) is 5.25 Å². The third-order valence-corrected chi connectivity index (χ3v) is 7.18. The van der Waals surface area contributed by atoms with Crippen LogP contribution in [0.4, 0.5) is 0 Å². The molecule has 1 aliphatic carbocycles.